The number of nitrogen functional groups attached to an aromatic ring is 1. The topological polar surface area (TPSA) is 64.3 Å². The van der Waals surface area contributed by atoms with Gasteiger partial charge in [0.15, 0.2) is 5.82 Å². The van der Waals surface area contributed by atoms with Crippen molar-refractivity contribution in [2.75, 3.05) is 17.7 Å². The van der Waals surface area contributed by atoms with Crippen molar-refractivity contribution in [1.82, 2.24) is 9.97 Å². The second-order valence-corrected chi connectivity index (χ2v) is 5.35. The highest BCUT2D eigenvalue weighted by Crippen LogP contribution is 2.28. The predicted octanol–water partition coefficient (Wildman–Crippen LogP) is 2.54. The number of ether oxygens (including phenoxy) is 1. The van der Waals surface area contributed by atoms with E-state index in [1.165, 1.54) is 11.9 Å². The van der Waals surface area contributed by atoms with Crippen LogP contribution in [-0.2, 0) is 6.54 Å². The lowest BCUT2D eigenvalue weighted by Crippen LogP contribution is -2.20. The van der Waals surface area contributed by atoms with E-state index in [-0.39, 0.29) is 6.10 Å². The maximum absolute atomic E-state index is 6.07. The van der Waals surface area contributed by atoms with Crippen LogP contribution in [0.2, 0.25) is 0 Å². The molecule has 0 bridgehead atoms. The van der Waals surface area contributed by atoms with Gasteiger partial charge in [-0.2, -0.15) is 16.3 Å². The van der Waals surface area contributed by atoms with Crippen molar-refractivity contribution in [1.29, 1.82) is 0 Å². The molecule has 102 valence electrons. The van der Waals surface area contributed by atoms with E-state index in [2.05, 4.69) is 26.8 Å². The monoisotopic (exact) mass is 278 g/mol. The van der Waals surface area contributed by atoms with Gasteiger partial charge in [0.25, 0.3) is 0 Å². The van der Waals surface area contributed by atoms with Crippen LogP contribution in [0.4, 0.5) is 11.5 Å². The van der Waals surface area contributed by atoms with Gasteiger partial charge >= 0.3 is 0 Å². The first kappa shape index (κ1) is 13.6. The molecule has 2 heterocycles. The highest BCUT2D eigenvalue weighted by atomic mass is 32.1. The molecule has 0 aromatic carbocycles. The van der Waals surface area contributed by atoms with Crippen LogP contribution in [0.15, 0.2) is 23.2 Å². The molecule has 0 saturated heterocycles. The third kappa shape index (κ3) is 3.35. The Kier molecular flexibility index (Phi) is 4.21. The Morgan fingerprint density at radius 1 is 1.42 bits per heavy atom. The van der Waals surface area contributed by atoms with Crippen molar-refractivity contribution < 1.29 is 4.74 Å². The quantitative estimate of drug-likeness (QED) is 0.910. The zero-order valence-corrected chi connectivity index (χ0v) is 12.1. The van der Waals surface area contributed by atoms with Gasteiger partial charge in [-0.15, -0.1) is 0 Å². The molecule has 0 amide bonds. The van der Waals surface area contributed by atoms with E-state index in [0.717, 1.165) is 6.54 Å². The largest absolute Gasteiger partial charge is 0.473 e. The fraction of sp³-hybridized carbons (Fsp3) is 0.385. The fourth-order valence-electron chi connectivity index (χ4n) is 1.72. The summed E-state index contributed by atoms with van der Waals surface area (Å²) < 4.78 is 5.57. The first-order valence-electron chi connectivity index (χ1n) is 6.07. The summed E-state index contributed by atoms with van der Waals surface area (Å²) in [5.74, 6) is 1.13. The van der Waals surface area contributed by atoms with Crippen LogP contribution in [-0.4, -0.2) is 23.1 Å². The minimum atomic E-state index is 0.0345. The minimum absolute atomic E-state index is 0.0345. The first-order valence-corrected chi connectivity index (χ1v) is 7.01. The molecular formula is C13H18N4OS. The molecule has 2 aromatic rings. The van der Waals surface area contributed by atoms with Crippen LogP contribution in [0.1, 0.15) is 19.4 Å². The maximum Gasteiger partial charge on any atom is 0.242 e. The molecule has 0 aliphatic carbocycles. The van der Waals surface area contributed by atoms with Gasteiger partial charge in [-0.3, -0.25) is 0 Å². The van der Waals surface area contributed by atoms with Crippen molar-refractivity contribution in [3.8, 4) is 5.88 Å². The van der Waals surface area contributed by atoms with Crippen LogP contribution in [0, 0.1) is 0 Å². The highest BCUT2D eigenvalue weighted by Gasteiger charge is 2.14. The molecule has 0 radical (unpaired) electrons. The van der Waals surface area contributed by atoms with E-state index < -0.39 is 0 Å². The van der Waals surface area contributed by atoms with Crippen LogP contribution < -0.4 is 15.4 Å². The minimum Gasteiger partial charge on any atom is -0.473 e. The zero-order valence-electron chi connectivity index (χ0n) is 11.3. The standard InChI is InChI=1S/C13H18N4OS/c1-9(2)18-13-11(14)12(15-8-16-13)17(3)6-10-4-5-19-7-10/h4-5,7-9H,6,14H2,1-3H3. The van der Waals surface area contributed by atoms with Gasteiger partial charge < -0.3 is 15.4 Å². The molecule has 2 rings (SSSR count). The van der Waals surface area contributed by atoms with E-state index in [0.29, 0.717) is 17.4 Å². The summed E-state index contributed by atoms with van der Waals surface area (Å²) >= 11 is 1.68. The second-order valence-electron chi connectivity index (χ2n) is 4.57. The van der Waals surface area contributed by atoms with Gasteiger partial charge in [-0.05, 0) is 36.2 Å². The fourth-order valence-corrected chi connectivity index (χ4v) is 2.38. The van der Waals surface area contributed by atoms with Crippen LogP contribution >= 0.6 is 11.3 Å². The molecule has 0 aliphatic heterocycles. The molecule has 0 fully saturated rings. The van der Waals surface area contributed by atoms with Crippen molar-refractivity contribution >= 4 is 22.8 Å². The molecule has 19 heavy (non-hydrogen) atoms. The van der Waals surface area contributed by atoms with Gasteiger partial charge in [-0.1, -0.05) is 0 Å². The molecule has 0 atom stereocenters. The number of hydrogen-bond acceptors (Lipinski definition) is 6. The number of aromatic nitrogens is 2. The summed E-state index contributed by atoms with van der Waals surface area (Å²) in [4.78, 5) is 10.3. The Hall–Kier alpha value is -1.82. The summed E-state index contributed by atoms with van der Waals surface area (Å²) in [6.45, 7) is 4.64. The molecule has 0 spiro atoms. The molecule has 2 N–H and O–H groups in total. The van der Waals surface area contributed by atoms with Gasteiger partial charge in [0.1, 0.15) is 12.0 Å². The number of nitrogens with two attached hydrogens (primary N) is 1. The van der Waals surface area contributed by atoms with Crippen molar-refractivity contribution in [3.05, 3.63) is 28.7 Å². The van der Waals surface area contributed by atoms with E-state index in [4.69, 9.17) is 10.5 Å². The molecule has 6 heteroatoms. The summed E-state index contributed by atoms with van der Waals surface area (Å²) in [5.41, 5.74) is 7.79. The average molecular weight is 278 g/mol. The molecule has 0 aliphatic rings. The summed E-state index contributed by atoms with van der Waals surface area (Å²) in [6.07, 6.45) is 1.51. The first-order chi connectivity index (χ1) is 9.08. The van der Waals surface area contributed by atoms with Crippen LogP contribution in [0.5, 0.6) is 5.88 Å². The highest BCUT2D eigenvalue weighted by molar-refractivity contribution is 7.07. The number of nitrogens with zero attached hydrogens (tertiary/aromatic N) is 3. The Bertz CT molecular complexity index is 527. The van der Waals surface area contributed by atoms with Crippen molar-refractivity contribution in [2.45, 2.75) is 26.5 Å². The van der Waals surface area contributed by atoms with Gasteiger partial charge in [-0.25, -0.2) is 4.98 Å². The Morgan fingerprint density at radius 3 is 2.84 bits per heavy atom. The smallest absolute Gasteiger partial charge is 0.242 e. The molecule has 5 nitrogen and oxygen atoms in total. The molecule has 0 saturated carbocycles. The Morgan fingerprint density at radius 2 is 2.21 bits per heavy atom. The predicted molar refractivity (Wildman–Crippen MR) is 78.6 cm³/mol. The van der Waals surface area contributed by atoms with E-state index in [1.54, 1.807) is 11.3 Å². The third-order valence-corrected chi connectivity index (χ3v) is 3.27. The number of rotatable bonds is 5. The summed E-state index contributed by atoms with van der Waals surface area (Å²) in [7, 11) is 1.95. The molecule has 0 unspecified atom stereocenters. The SMILES string of the molecule is CC(C)Oc1ncnc(N(C)Cc2ccsc2)c1N. The Balaban J connectivity index is 2.19. The third-order valence-electron chi connectivity index (χ3n) is 2.54. The molecular weight excluding hydrogens is 260 g/mol. The maximum atomic E-state index is 6.07. The normalized spacial score (nSPS) is 10.7. The van der Waals surface area contributed by atoms with Gasteiger partial charge in [0.05, 0.1) is 6.10 Å². The summed E-state index contributed by atoms with van der Waals surface area (Å²) in [6, 6.07) is 2.09. The van der Waals surface area contributed by atoms with Crippen molar-refractivity contribution in [2.24, 2.45) is 0 Å². The lowest BCUT2D eigenvalue weighted by atomic mass is 10.3. The van der Waals surface area contributed by atoms with E-state index >= 15 is 0 Å². The van der Waals surface area contributed by atoms with Crippen LogP contribution in [0.25, 0.3) is 0 Å². The molecule has 2 aromatic heterocycles. The van der Waals surface area contributed by atoms with E-state index in [9.17, 15) is 0 Å². The summed E-state index contributed by atoms with van der Waals surface area (Å²) in [5, 5.41) is 4.17. The van der Waals surface area contributed by atoms with Crippen molar-refractivity contribution in [3.63, 3.8) is 0 Å². The Labute approximate surface area is 117 Å². The van der Waals surface area contributed by atoms with Gasteiger partial charge in [0.2, 0.25) is 5.88 Å². The lowest BCUT2D eigenvalue weighted by molar-refractivity contribution is 0.234. The average Bonchev–Trinajstić information content (AvgIpc) is 2.84. The van der Waals surface area contributed by atoms with Gasteiger partial charge in [0, 0.05) is 13.6 Å². The second kappa shape index (κ2) is 5.88. The van der Waals surface area contributed by atoms with E-state index in [1.807, 2.05) is 25.8 Å². The number of anilines is 2. The van der Waals surface area contributed by atoms with Crippen LogP contribution in [0.3, 0.4) is 0 Å². The number of thiophene rings is 1. The lowest BCUT2D eigenvalue weighted by Gasteiger charge is -2.20. The number of hydrogen-bond donors (Lipinski definition) is 1. The zero-order chi connectivity index (χ0) is 13.8.